The van der Waals surface area contributed by atoms with Crippen molar-refractivity contribution in [3.63, 3.8) is 0 Å². The van der Waals surface area contributed by atoms with Crippen molar-refractivity contribution in [1.29, 1.82) is 0 Å². The molecule has 1 aliphatic carbocycles. The Morgan fingerprint density at radius 3 is 2.12 bits per heavy atom. The molecule has 0 unspecified atom stereocenters. The van der Waals surface area contributed by atoms with E-state index in [2.05, 4.69) is 26.0 Å². The second-order valence-corrected chi connectivity index (χ2v) is 8.73. The van der Waals surface area contributed by atoms with Crippen molar-refractivity contribution in [2.45, 2.75) is 19.3 Å². The minimum absolute atomic E-state index is 0.0272. The van der Waals surface area contributed by atoms with Gasteiger partial charge in [-0.2, -0.15) is 0 Å². The standard InChI is InChI=1S/C29H24O3/c1-29(2,22-9-13-24(30)14-10-22)23-11-15-25(16-12-23)32-18-21-17-20-7-3-5-19-6-4-8-26(27(19)20)28(21)31/h3-17,30H,18H2,1-2H3. The highest BCUT2D eigenvalue weighted by molar-refractivity contribution is 6.22. The van der Waals surface area contributed by atoms with Gasteiger partial charge >= 0.3 is 0 Å². The molecule has 0 aromatic heterocycles. The van der Waals surface area contributed by atoms with E-state index in [1.165, 1.54) is 0 Å². The van der Waals surface area contributed by atoms with Gasteiger partial charge in [-0.3, -0.25) is 4.79 Å². The summed E-state index contributed by atoms with van der Waals surface area (Å²) in [5, 5.41) is 11.7. The van der Waals surface area contributed by atoms with E-state index in [0.29, 0.717) is 5.57 Å². The first-order valence-electron chi connectivity index (χ1n) is 10.7. The fourth-order valence-corrected chi connectivity index (χ4v) is 4.39. The Hall–Kier alpha value is -3.85. The maximum absolute atomic E-state index is 13.0. The number of phenols is 1. The fraction of sp³-hybridized carbons (Fsp3) is 0.138. The van der Waals surface area contributed by atoms with Gasteiger partial charge in [-0.25, -0.2) is 0 Å². The molecule has 0 fully saturated rings. The van der Waals surface area contributed by atoms with Crippen molar-refractivity contribution in [1.82, 2.24) is 0 Å². The zero-order valence-electron chi connectivity index (χ0n) is 18.1. The summed E-state index contributed by atoms with van der Waals surface area (Å²) in [5.74, 6) is 1.01. The first-order chi connectivity index (χ1) is 15.4. The summed E-state index contributed by atoms with van der Waals surface area (Å²) < 4.78 is 5.99. The lowest BCUT2D eigenvalue weighted by Crippen LogP contribution is -2.18. The third kappa shape index (κ3) is 3.46. The van der Waals surface area contributed by atoms with Crippen molar-refractivity contribution in [3.8, 4) is 11.5 Å². The van der Waals surface area contributed by atoms with Gasteiger partial charge in [0.05, 0.1) is 0 Å². The Kier molecular flexibility index (Phi) is 4.82. The molecule has 3 nitrogen and oxygen atoms in total. The van der Waals surface area contributed by atoms with Gasteiger partial charge in [-0.15, -0.1) is 0 Å². The number of hydrogen-bond acceptors (Lipinski definition) is 3. The average molecular weight is 421 g/mol. The van der Waals surface area contributed by atoms with E-state index in [-0.39, 0.29) is 23.6 Å². The normalized spacial score (nSPS) is 13.2. The van der Waals surface area contributed by atoms with E-state index in [9.17, 15) is 9.90 Å². The molecule has 0 bridgehead atoms. The van der Waals surface area contributed by atoms with Gasteiger partial charge in [0.15, 0.2) is 5.78 Å². The molecule has 0 radical (unpaired) electrons. The van der Waals surface area contributed by atoms with Crippen LogP contribution in [-0.4, -0.2) is 17.5 Å². The Morgan fingerprint density at radius 2 is 1.44 bits per heavy atom. The van der Waals surface area contributed by atoms with Gasteiger partial charge in [0.2, 0.25) is 0 Å². The first-order valence-corrected chi connectivity index (χ1v) is 10.7. The smallest absolute Gasteiger partial charge is 0.193 e. The highest BCUT2D eigenvalue weighted by Gasteiger charge is 2.24. The summed E-state index contributed by atoms with van der Waals surface area (Å²) in [6.07, 6.45) is 1.94. The largest absolute Gasteiger partial charge is 0.508 e. The lowest BCUT2D eigenvalue weighted by Gasteiger charge is -2.26. The van der Waals surface area contributed by atoms with Crippen LogP contribution in [0.5, 0.6) is 11.5 Å². The maximum Gasteiger partial charge on any atom is 0.193 e. The van der Waals surface area contributed by atoms with Crippen LogP contribution in [0.2, 0.25) is 0 Å². The SMILES string of the molecule is CC(C)(c1ccc(O)cc1)c1ccc(OCC2=Cc3cccc4cccc(c34)C2=O)cc1. The zero-order valence-corrected chi connectivity index (χ0v) is 18.1. The molecule has 0 saturated heterocycles. The molecule has 0 heterocycles. The summed E-state index contributed by atoms with van der Waals surface area (Å²) in [5.41, 5.74) is 4.51. The number of benzene rings is 4. The maximum atomic E-state index is 13.0. The first kappa shape index (κ1) is 20.1. The molecule has 0 spiro atoms. The van der Waals surface area contributed by atoms with Crippen LogP contribution in [0.3, 0.4) is 0 Å². The van der Waals surface area contributed by atoms with E-state index in [1.54, 1.807) is 12.1 Å². The Balaban J connectivity index is 1.35. The number of Topliss-reactive ketones (excluding diaryl/α,β-unsaturated/α-hetero) is 1. The predicted octanol–water partition coefficient (Wildman–Crippen LogP) is 6.53. The van der Waals surface area contributed by atoms with Gasteiger partial charge in [0, 0.05) is 21.9 Å². The number of carbonyl (C=O) groups is 1. The topological polar surface area (TPSA) is 46.5 Å². The van der Waals surface area contributed by atoms with E-state index < -0.39 is 0 Å². The summed E-state index contributed by atoms with van der Waals surface area (Å²) in [6.45, 7) is 4.53. The summed E-state index contributed by atoms with van der Waals surface area (Å²) in [6, 6.07) is 27.2. The Labute approximate surface area is 187 Å². The van der Waals surface area contributed by atoms with Crippen molar-refractivity contribution < 1.29 is 14.6 Å². The molecule has 0 atom stereocenters. The quantitative estimate of drug-likeness (QED) is 0.399. The van der Waals surface area contributed by atoms with E-state index in [0.717, 1.165) is 38.8 Å². The van der Waals surface area contributed by atoms with Gasteiger partial charge in [0.1, 0.15) is 18.1 Å². The summed E-state index contributed by atoms with van der Waals surface area (Å²) in [4.78, 5) is 13.0. The minimum Gasteiger partial charge on any atom is -0.508 e. The number of ether oxygens (including phenoxy) is 1. The highest BCUT2D eigenvalue weighted by Crippen LogP contribution is 2.34. The van der Waals surface area contributed by atoms with Gasteiger partial charge in [-0.1, -0.05) is 74.5 Å². The van der Waals surface area contributed by atoms with Crippen molar-refractivity contribution >= 4 is 22.6 Å². The second kappa shape index (κ2) is 7.69. The Bertz CT molecular complexity index is 1340. The molecule has 0 amide bonds. The van der Waals surface area contributed by atoms with Gasteiger partial charge in [-0.05, 0) is 52.4 Å². The fourth-order valence-electron chi connectivity index (χ4n) is 4.39. The molecular formula is C29H24O3. The van der Waals surface area contributed by atoms with Crippen LogP contribution < -0.4 is 4.74 Å². The second-order valence-electron chi connectivity index (χ2n) is 8.73. The van der Waals surface area contributed by atoms with Crippen LogP contribution >= 0.6 is 0 Å². The van der Waals surface area contributed by atoms with Crippen LogP contribution in [0.4, 0.5) is 0 Å². The van der Waals surface area contributed by atoms with Crippen LogP contribution in [0.25, 0.3) is 16.8 Å². The summed E-state index contributed by atoms with van der Waals surface area (Å²) in [7, 11) is 0. The average Bonchev–Trinajstić information content (AvgIpc) is 2.81. The molecule has 32 heavy (non-hydrogen) atoms. The lowest BCUT2D eigenvalue weighted by molar-refractivity contribution is 0.102. The minimum atomic E-state index is -0.212. The molecule has 5 rings (SSSR count). The zero-order chi connectivity index (χ0) is 22.3. The predicted molar refractivity (Wildman–Crippen MR) is 128 cm³/mol. The molecule has 4 aromatic rings. The number of phenolic OH excluding ortho intramolecular Hbond substituents is 1. The Morgan fingerprint density at radius 1 is 0.812 bits per heavy atom. The molecule has 0 saturated carbocycles. The highest BCUT2D eigenvalue weighted by atomic mass is 16.5. The molecule has 158 valence electrons. The third-order valence-corrected chi connectivity index (χ3v) is 6.36. The monoisotopic (exact) mass is 420 g/mol. The van der Waals surface area contributed by atoms with Crippen molar-refractivity contribution in [3.05, 3.63) is 113 Å². The van der Waals surface area contributed by atoms with Crippen LogP contribution in [0.1, 0.15) is 40.9 Å². The van der Waals surface area contributed by atoms with Crippen molar-refractivity contribution in [2.24, 2.45) is 0 Å². The van der Waals surface area contributed by atoms with E-state index in [4.69, 9.17) is 4.74 Å². The molecule has 0 aliphatic heterocycles. The van der Waals surface area contributed by atoms with Crippen LogP contribution in [0.15, 0.2) is 90.5 Å². The number of carbonyl (C=O) groups excluding carboxylic acids is 1. The van der Waals surface area contributed by atoms with Gasteiger partial charge < -0.3 is 9.84 Å². The third-order valence-electron chi connectivity index (χ3n) is 6.36. The van der Waals surface area contributed by atoms with Gasteiger partial charge in [0.25, 0.3) is 0 Å². The number of aromatic hydroxyl groups is 1. The summed E-state index contributed by atoms with van der Waals surface area (Å²) >= 11 is 0. The van der Waals surface area contributed by atoms with E-state index in [1.807, 2.05) is 66.7 Å². The molecular weight excluding hydrogens is 396 g/mol. The molecule has 4 aromatic carbocycles. The van der Waals surface area contributed by atoms with Crippen molar-refractivity contribution in [2.75, 3.05) is 6.61 Å². The van der Waals surface area contributed by atoms with E-state index >= 15 is 0 Å². The molecule has 3 heteroatoms. The molecule has 1 N–H and O–H groups in total. The number of rotatable bonds is 5. The van der Waals surface area contributed by atoms with Crippen LogP contribution in [0, 0.1) is 0 Å². The number of ketones is 1. The lowest BCUT2D eigenvalue weighted by atomic mass is 9.78. The van der Waals surface area contributed by atoms with Crippen LogP contribution in [-0.2, 0) is 5.41 Å². The number of hydrogen-bond donors (Lipinski definition) is 1. The molecule has 1 aliphatic rings.